The van der Waals surface area contributed by atoms with E-state index in [1.807, 2.05) is 12.1 Å². The Hall–Kier alpha value is -2.57. The maximum Gasteiger partial charge on any atom is 0.244 e. The summed E-state index contributed by atoms with van der Waals surface area (Å²) in [6, 6.07) is 8.68. The summed E-state index contributed by atoms with van der Waals surface area (Å²) >= 11 is 0. The van der Waals surface area contributed by atoms with Crippen LogP contribution in [0.5, 0.6) is 5.75 Å². The van der Waals surface area contributed by atoms with E-state index in [0.717, 1.165) is 43.4 Å². The Bertz CT molecular complexity index is 741. The number of nitrogens with zero attached hydrogens (tertiary/aromatic N) is 5. The molecule has 2 fully saturated rings. The maximum absolute atomic E-state index is 5.50. The largest absolute Gasteiger partial charge is 0.495 e. The molecular weight excluding hydrogens is 340 g/mol. The first-order chi connectivity index (χ1) is 13.3. The van der Waals surface area contributed by atoms with E-state index in [9.17, 15) is 0 Å². The van der Waals surface area contributed by atoms with Gasteiger partial charge in [-0.2, -0.15) is 10.1 Å². The molecular formula is C20H28N6O. The van der Waals surface area contributed by atoms with Crippen molar-refractivity contribution in [2.24, 2.45) is 0 Å². The normalized spacial score (nSPS) is 18.4. The van der Waals surface area contributed by atoms with Gasteiger partial charge in [0.15, 0.2) is 5.82 Å². The molecule has 1 aliphatic carbocycles. The fourth-order valence-corrected chi connectivity index (χ4v) is 4.01. The summed E-state index contributed by atoms with van der Waals surface area (Å²) in [5.41, 5.74) is 1.15. The molecule has 27 heavy (non-hydrogen) atoms. The van der Waals surface area contributed by atoms with Crippen molar-refractivity contribution in [3.05, 3.63) is 30.5 Å². The highest BCUT2D eigenvalue weighted by Gasteiger charge is 2.21. The van der Waals surface area contributed by atoms with Crippen LogP contribution in [-0.2, 0) is 0 Å². The summed E-state index contributed by atoms with van der Waals surface area (Å²) in [7, 11) is 1.72. The van der Waals surface area contributed by atoms with Gasteiger partial charge < -0.3 is 19.9 Å². The predicted octanol–water partition coefficient (Wildman–Crippen LogP) is 2.95. The second-order valence-corrected chi connectivity index (χ2v) is 7.26. The molecule has 2 aromatic rings. The number of para-hydroxylation sites is 2. The Morgan fingerprint density at radius 3 is 2.52 bits per heavy atom. The molecule has 2 heterocycles. The lowest BCUT2D eigenvalue weighted by atomic mass is 9.96. The number of rotatable bonds is 5. The lowest BCUT2D eigenvalue weighted by molar-refractivity contribution is 0.413. The average Bonchev–Trinajstić information content (AvgIpc) is 2.75. The minimum atomic E-state index is 0.484. The first-order valence-electron chi connectivity index (χ1n) is 9.92. The first-order valence-corrected chi connectivity index (χ1v) is 9.92. The Kier molecular flexibility index (Phi) is 5.55. The van der Waals surface area contributed by atoms with Crippen molar-refractivity contribution in [1.82, 2.24) is 15.2 Å². The van der Waals surface area contributed by atoms with E-state index < -0.39 is 0 Å². The van der Waals surface area contributed by atoms with Crippen LogP contribution in [0.2, 0.25) is 0 Å². The standard InChI is InChI=1S/C20H28N6O/c1-27-18-10-6-5-9-17(18)25-11-13-26(14-12-25)19-15-21-24-20(23-19)22-16-7-3-2-4-8-16/h5-6,9-10,15-16H,2-4,7-8,11-14H2,1H3,(H,22,23,24). The molecule has 2 aliphatic rings. The molecule has 0 bridgehead atoms. The SMILES string of the molecule is COc1ccccc1N1CCN(c2cnnc(NC3CCCCC3)n2)CC1. The number of methoxy groups -OCH3 is 1. The van der Waals surface area contributed by atoms with E-state index in [-0.39, 0.29) is 0 Å². The smallest absolute Gasteiger partial charge is 0.244 e. The molecule has 7 nitrogen and oxygen atoms in total. The van der Waals surface area contributed by atoms with E-state index in [4.69, 9.17) is 9.72 Å². The molecule has 7 heteroatoms. The second-order valence-electron chi connectivity index (χ2n) is 7.26. The highest BCUT2D eigenvalue weighted by Crippen LogP contribution is 2.29. The molecule has 1 saturated carbocycles. The minimum Gasteiger partial charge on any atom is -0.495 e. The predicted molar refractivity (Wildman–Crippen MR) is 108 cm³/mol. The van der Waals surface area contributed by atoms with Gasteiger partial charge in [0.2, 0.25) is 5.95 Å². The Morgan fingerprint density at radius 1 is 1.00 bits per heavy atom. The Morgan fingerprint density at radius 2 is 1.74 bits per heavy atom. The zero-order valence-corrected chi connectivity index (χ0v) is 16.0. The van der Waals surface area contributed by atoms with Gasteiger partial charge in [-0.15, -0.1) is 5.10 Å². The molecule has 0 radical (unpaired) electrons. The fraction of sp³-hybridized carbons (Fsp3) is 0.550. The van der Waals surface area contributed by atoms with Gasteiger partial charge in [-0.25, -0.2) is 0 Å². The van der Waals surface area contributed by atoms with Crippen molar-refractivity contribution < 1.29 is 4.74 Å². The van der Waals surface area contributed by atoms with Crippen LogP contribution in [0, 0.1) is 0 Å². The summed E-state index contributed by atoms with van der Waals surface area (Å²) in [6.45, 7) is 3.66. The summed E-state index contributed by atoms with van der Waals surface area (Å²) in [5.74, 6) is 2.49. The molecule has 144 valence electrons. The van der Waals surface area contributed by atoms with E-state index in [1.54, 1.807) is 13.3 Å². The lowest BCUT2D eigenvalue weighted by Crippen LogP contribution is -2.47. The number of nitrogens with one attached hydrogen (secondary N) is 1. The number of ether oxygens (including phenoxy) is 1. The topological polar surface area (TPSA) is 66.4 Å². The van der Waals surface area contributed by atoms with Crippen LogP contribution < -0.4 is 19.9 Å². The summed E-state index contributed by atoms with van der Waals surface area (Å²) < 4.78 is 5.50. The minimum absolute atomic E-state index is 0.484. The van der Waals surface area contributed by atoms with Gasteiger partial charge in [0, 0.05) is 32.2 Å². The monoisotopic (exact) mass is 368 g/mol. The average molecular weight is 368 g/mol. The van der Waals surface area contributed by atoms with Gasteiger partial charge in [-0.3, -0.25) is 0 Å². The van der Waals surface area contributed by atoms with Crippen LogP contribution in [-0.4, -0.2) is 54.5 Å². The van der Waals surface area contributed by atoms with Crippen LogP contribution in [0.1, 0.15) is 32.1 Å². The van der Waals surface area contributed by atoms with Gasteiger partial charge in [-0.1, -0.05) is 31.4 Å². The van der Waals surface area contributed by atoms with E-state index in [2.05, 4.69) is 37.4 Å². The molecule has 0 atom stereocenters. The third kappa shape index (κ3) is 4.23. The highest BCUT2D eigenvalue weighted by atomic mass is 16.5. The third-order valence-electron chi connectivity index (χ3n) is 5.51. The second kappa shape index (κ2) is 8.41. The molecule has 1 N–H and O–H groups in total. The fourth-order valence-electron chi connectivity index (χ4n) is 4.01. The number of aromatic nitrogens is 3. The van der Waals surface area contributed by atoms with Gasteiger partial charge in [0.05, 0.1) is 19.0 Å². The van der Waals surface area contributed by atoms with E-state index in [1.165, 1.54) is 32.1 Å². The first kappa shape index (κ1) is 17.8. The summed E-state index contributed by atoms with van der Waals surface area (Å²) in [4.78, 5) is 9.37. The van der Waals surface area contributed by atoms with Crippen molar-refractivity contribution >= 4 is 17.5 Å². The number of piperazine rings is 1. The molecule has 4 rings (SSSR count). The number of hydrogen-bond donors (Lipinski definition) is 1. The van der Waals surface area contributed by atoms with Crippen molar-refractivity contribution in [1.29, 1.82) is 0 Å². The van der Waals surface area contributed by atoms with Crippen molar-refractivity contribution in [2.75, 3.05) is 48.4 Å². The van der Waals surface area contributed by atoms with Crippen LogP contribution >= 0.6 is 0 Å². The third-order valence-corrected chi connectivity index (χ3v) is 5.51. The van der Waals surface area contributed by atoms with Crippen molar-refractivity contribution in [2.45, 2.75) is 38.1 Å². The van der Waals surface area contributed by atoms with Gasteiger partial charge in [-0.05, 0) is 25.0 Å². The number of anilines is 3. The Balaban J connectivity index is 1.38. The molecule has 0 unspecified atom stereocenters. The lowest BCUT2D eigenvalue weighted by Gasteiger charge is -2.37. The van der Waals surface area contributed by atoms with Gasteiger partial charge in [0.1, 0.15) is 5.75 Å². The summed E-state index contributed by atoms with van der Waals surface area (Å²) in [6.07, 6.45) is 8.08. The molecule has 0 spiro atoms. The Labute approximate surface area is 160 Å². The van der Waals surface area contributed by atoms with E-state index >= 15 is 0 Å². The van der Waals surface area contributed by atoms with Crippen LogP contribution in [0.3, 0.4) is 0 Å². The van der Waals surface area contributed by atoms with Gasteiger partial charge in [0.25, 0.3) is 0 Å². The van der Waals surface area contributed by atoms with Crippen LogP contribution in [0.25, 0.3) is 0 Å². The molecule has 1 aliphatic heterocycles. The van der Waals surface area contributed by atoms with E-state index in [0.29, 0.717) is 12.0 Å². The molecule has 1 aromatic heterocycles. The summed E-state index contributed by atoms with van der Waals surface area (Å²) in [5, 5.41) is 11.8. The van der Waals surface area contributed by atoms with Crippen LogP contribution in [0.15, 0.2) is 30.5 Å². The van der Waals surface area contributed by atoms with Gasteiger partial charge >= 0.3 is 0 Å². The number of hydrogen-bond acceptors (Lipinski definition) is 7. The highest BCUT2D eigenvalue weighted by molar-refractivity contribution is 5.59. The molecule has 1 aromatic carbocycles. The van der Waals surface area contributed by atoms with Crippen molar-refractivity contribution in [3.63, 3.8) is 0 Å². The number of benzene rings is 1. The zero-order chi connectivity index (χ0) is 18.5. The maximum atomic E-state index is 5.50. The van der Waals surface area contributed by atoms with Crippen molar-refractivity contribution in [3.8, 4) is 5.75 Å². The zero-order valence-electron chi connectivity index (χ0n) is 16.0. The molecule has 1 saturated heterocycles. The molecule has 0 amide bonds. The van der Waals surface area contributed by atoms with Crippen LogP contribution in [0.4, 0.5) is 17.5 Å². The quantitative estimate of drug-likeness (QED) is 0.870.